The van der Waals surface area contributed by atoms with Crippen LogP contribution in [0.2, 0.25) is 0 Å². The number of oxazole rings is 1. The number of hydrogen-bond donors (Lipinski definition) is 1. The topological polar surface area (TPSA) is 50.5 Å². The van der Waals surface area contributed by atoms with Crippen molar-refractivity contribution in [2.24, 2.45) is 0 Å². The van der Waals surface area contributed by atoms with E-state index < -0.39 is 0 Å². The standard InChI is InChI=1S/C12H21N3O2/c1-3-13-8-10-9-16-12(14-10)17-11-4-6-15(2)7-5-11/h9,11,13H,3-8H2,1-2H3. The Morgan fingerprint density at radius 3 is 3.00 bits per heavy atom. The number of piperidine rings is 1. The molecule has 0 amide bonds. The Balaban J connectivity index is 1.80. The summed E-state index contributed by atoms with van der Waals surface area (Å²) in [6.07, 6.45) is 4.40. The summed E-state index contributed by atoms with van der Waals surface area (Å²) in [5.41, 5.74) is 0.898. The molecule has 0 saturated carbocycles. The Kier molecular flexibility index (Phi) is 4.39. The SMILES string of the molecule is CCNCc1coc(OC2CCN(C)CC2)n1. The Bertz CT molecular complexity index is 332. The largest absolute Gasteiger partial charge is 0.447 e. The molecule has 96 valence electrons. The second kappa shape index (κ2) is 6.02. The van der Waals surface area contributed by atoms with Gasteiger partial charge in [-0.1, -0.05) is 6.92 Å². The first-order valence-electron chi connectivity index (χ1n) is 6.28. The van der Waals surface area contributed by atoms with E-state index in [0.717, 1.165) is 44.7 Å². The lowest BCUT2D eigenvalue weighted by Crippen LogP contribution is -2.35. The fourth-order valence-electron chi connectivity index (χ4n) is 1.92. The number of likely N-dealkylation sites (tertiary alicyclic amines) is 1. The molecule has 0 atom stereocenters. The predicted octanol–water partition coefficient (Wildman–Crippen LogP) is 1.26. The van der Waals surface area contributed by atoms with E-state index in [-0.39, 0.29) is 6.10 Å². The summed E-state index contributed by atoms with van der Waals surface area (Å²) in [6, 6.07) is 0. The summed E-state index contributed by atoms with van der Waals surface area (Å²) in [5.74, 6) is 0. The van der Waals surface area contributed by atoms with Crippen molar-refractivity contribution in [2.45, 2.75) is 32.4 Å². The first kappa shape index (κ1) is 12.4. The zero-order valence-corrected chi connectivity index (χ0v) is 10.6. The zero-order chi connectivity index (χ0) is 12.1. The number of ether oxygens (including phenoxy) is 1. The summed E-state index contributed by atoms with van der Waals surface area (Å²) in [4.78, 5) is 6.61. The smallest absolute Gasteiger partial charge is 0.394 e. The number of aromatic nitrogens is 1. The van der Waals surface area contributed by atoms with Gasteiger partial charge in [0.15, 0.2) is 0 Å². The van der Waals surface area contributed by atoms with Crippen LogP contribution in [0.5, 0.6) is 6.08 Å². The van der Waals surface area contributed by atoms with Crippen LogP contribution >= 0.6 is 0 Å². The molecule has 0 aromatic carbocycles. The van der Waals surface area contributed by atoms with E-state index in [2.05, 4.69) is 29.2 Å². The summed E-state index contributed by atoms with van der Waals surface area (Å²) in [7, 11) is 2.13. The van der Waals surface area contributed by atoms with Crippen LogP contribution in [0, 0.1) is 0 Å². The highest BCUT2D eigenvalue weighted by Crippen LogP contribution is 2.17. The van der Waals surface area contributed by atoms with E-state index in [1.54, 1.807) is 6.26 Å². The van der Waals surface area contributed by atoms with Crippen LogP contribution < -0.4 is 10.1 Å². The van der Waals surface area contributed by atoms with Gasteiger partial charge in [0.25, 0.3) is 0 Å². The Labute approximate surface area is 102 Å². The van der Waals surface area contributed by atoms with Gasteiger partial charge in [0.1, 0.15) is 12.4 Å². The molecule has 0 radical (unpaired) electrons. The van der Waals surface area contributed by atoms with Gasteiger partial charge in [-0.3, -0.25) is 0 Å². The maximum absolute atomic E-state index is 5.73. The minimum atomic E-state index is 0.247. The molecule has 1 aliphatic heterocycles. The maximum atomic E-state index is 5.73. The van der Waals surface area contributed by atoms with Crippen LogP contribution in [-0.4, -0.2) is 42.7 Å². The average molecular weight is 239 g/mol. The third-order valence-corrected chi connectivity index (χ3v) is 3.02. The van der Waals surface area contributed by atoms with Gasteiger partial charge in [0, 0.05) is 19.6 Å². The highest BCUT2D eigenvalue weighted by atomic mass is 16.6. The third-order valence-electron chi connectivity index (χ3n) is 3.02. The van der Waals surface area contributed by atoms with Gasteiger partial charge >= 0.3 is 6.08 Å². The molecule has 1 aromatic rings. The van der Waals surface area contributed by atoms with Crippen molar-refractivity contribution >= 4 is 0 Å². The van der Waals surface area contributed by atoms with Crippen molar-refractivity contribution in [3.63, 3.8) is 0 Å². The quantitative estimate of drug-likeness (QED) is 0.838. The third kappa shape index (κ3) is 3.71. The van der Waals surface area contributed by atoms with Crippen molar-refractivity contribution in [3.05, 3.63) is 12.0 Å². The Morgan fingerprint density at radius 1 is 1.53 bits per heavy atom. The maximum Gasteiger partial charge on any atom is 0.394 e. The molecule has 1 aromatic heterocycles. The van der Waals surface area contributed by atoms with E-state index in [0.29, 0.717) is 6.08 Å². The van der Waals surface area contributed by atoms with Crippen LogP contribution in [0.1, 0.15) is 25.5 Å². The number of rotatable bonds is 5. The number of nitrogens with zero attached hydrogens (tertiary/aromatic N) is 2. The van der Waals surface area contributed by atoms with Crippen molar-refractivity contribution in [1.29, 1.82) is 0 Å². The van der Waals surface area contributed by atoms with Gasteiger partial charge < -0.3 is 19.4 Å². The molecule has 1 fully saturated rings. The van der Waals surface area contributed by atoms with E-state index in [1.165, 1.54) is 0 Å². The Morgan fingerprint density at radius 2 is 2.29 bits per heavy atom. The summed E-state index contributed by atoms with van der Waals surface area (Å²) >= 11 is 0. The van der Waals surface area contributed by atoms with Gasteiger partial charge in [-0.05, 0) is 26.4 Å². The van der Waals surface area contributed by atoms with Crippen LogP contribution in [0.15, 0.2) is 10.7 Å². The molecule has 0 spiro atoms. The van der Waals surface area contributed by atoms with Crippen molar-refractivity contribution < 1.29 is 9.15 Å². The second-order valence-corrected chi connectivity index (χ2v) is 4.51. The second-order valence-electron chi connectivity index (χ2n) is 4.51. The zero-order valence-electron chi connectivity index (χ0n) is 10.6. The molecule has 1 aliphatic rings. The molecule has 5 nitrogen and oxygen atoms in total. The average Bonchev–Trinajstić information content (AvgIpc) is 2.77. The first-order valence-corrected chi connectivity index (χ1v) is 6.28. The van der Waals surface area contributed by atoms with E-state index in [9.17, 15) is 0 Å². The van der Waals surface area contributed by atoms with E-state index in [1.807, 2.05) is 0 Å². The van der Waals surface area contributed by atoms with Gasteiger partial charge in [-0.2, -0.15) is 4.98 Å². The van der Waals surface area contributed by atoms with Gasteiger partial charge in [-0.15, -0.1) is 0 Å². The van der Waals surface area contributed by atoms with Gasteiger partial charge in [0.05, 0.1) is 5.69 Å². The summed E-state index contributed by atoms with van der Waals surface area (Å²) in [6.45, 7) is 5.88. The van der Waals surface area contributed by atoms with Crippen LogP contribution in [0.4, 0.5) is 0 Å². The molecule has 2 heterocycles. The minimum absolute atomic E-state index is 0.247. The fourth-order valence-corrected chi connectivity index (χ4v) is 1.92. The highest BCUT2D eigenvalue weighted by molar-refractivity contribution is 5.00. The molecule has 5 heteroatoms. The molecule has 17 heavy (non-hydrogen) atoms. The van der Waals surface area contributed by atoms with Crippen molar-refractivity contribution in [1.82, 2.24) is 15.2 Å². The molecule has 0 aliphatic carbocycles. The number of nitrogens with one attached hydrogen (secondary N) is 1. The van der Waals surface area contributed by atoms with Gasteiger partial charge in [0.2, 0.25) is 0 Å². The molecule has 0 unspecified atom stereocenters. The normalized spacial score (nSPS) is 18.5. The number of hydrogen-bond acceptors (Lipinski definition) is 5. The fraction of sp³-hybridized carbons (Fsp3) is 0.750. The van der Waals surface area contributed by atoms with E-state index in [4.69, 9.17) is 9.15 Å². The Hall–Kier alpha value is -1.07. The predicted molar refractivity (Wildman–Crippen MR) is 65.0 cm³/mol. The lowest BCUT2D eigenvalue weighted by Gasteiger charge is -2.27. The van der Waals surface area contributed by atoms with Crippen LogP contribution in [0.3, 0.4) is 0 Å². The lowest BCUT2D eigenvalue weighted by molar-refractivity contribution is 0.0847. The lowest BCUT2D eigenvalue weighted by atomic mass is 10.1. The van der Waals surface area contributed by atoms with Crippen molar-refractivity contribution in [3.8, 4) is 6.08 Å². The minimum Gasteiger partial charge on any atom is -0.447 e. The molecule has 1 N–H and O–H groups in total. The molecule has 0 bridgehead atoms. The molecular weight excluding hydrogens is 218 g/mol. The molecule has 1 saturated heterocycles. The van der Waals surface area contributed by atoms with Crippen molar-refractivity contribution in [2.75, 3.05) is 26.7 Å². The summed E-state index contributed by atoms with van der Waals surface area (Å²) in [5, 5.41) is 3.20. The first-order chi connectivity index (χ1) is 8.28. The molecule has 2 rings (SSSR count). The molecular formula is C12H21N3O2. The van der Waals surface area contributed by atoms with Crippen LogP contribution in [-0.2, 0) is 6.54 Å². The van der Waals surface area contributed by atoms with E-state index >= 15 is 0 Å². The summed E-state index contributed by atoms with van der Waals surface area (Å²) < 4.78 is 11.0. The van der Waals surface area contributed by atoms with Gasteiger partial charge in [-0.25, -0.2) is 0 Å². The van der Waals surface area contributed by atoms with Crippen LogP contribution in [0.25, 0.3) is 0 Å². The highest BCUT2D eigenvalue weighted by Gasteiger charge is 2.19. The monoisotopic (exact) mass is 239 g/mol.